The zero-order chi connectivity index (χ0) is 31.9. The second-order valence-electron chi connectivity index (χ2n) is 11.1. The summed E-state index contributed by atoms with van der Waals surface area (Å²) in [4.78, 5) is 5.83. The van der Waals surface area contributed by atoms with Crippen molar-refractivity contribution in [2.24, 2.45) is 0 Å². The summed E-state index contributed by atoms with van der Waals surface area (Å²) in [6.07, 6.45) is 10.5. The average molecular weight is 652 g/mol. The molecule has 3 aromatic rings. The van der Waals surface area contributed by atoms with Gasteiger partial charge in [0, 0.05) is 23.6 Å². The number of anilines is 1. The minimum Gasteiger partial charge on any atom is -0.748 e. The molecule has 0 amide bonds. The summed E-state index contributed by atoms with van der Waals surface area (Å²) in [5.41, 5.74) is 4.05. The lowest BCUT2D eigenvalue weighted by atomic mass is 9.85. The Bertz CT molecular complexity index is 1680. The Morgan fingerprint density at radius 1 is 0.955 bits per heavy atom. The number of rotatable bonds is 9. The smallest absolute Gasteiger partial charge is 0.262 e. The molecule has 5 rings (SSSR count). The minimum absolute atomic E-state index is 0.196. The van der Waals surface area contributed by atoms with Crippen LogP contribution in [0.1, 0.15) is 59.4 Å². The van der Waals surface area contributed by atoms with Gasteiger partial charge in [-0.1, -0.05) is 86.4 Å². The molecule has 2 aliphatic rings. The average Bonchev–Trinajstić information content (AvgIpc) is 3.56. The summed E-state index contributed by atoms with van der Waals surface area (Å²) in [6.45, 7) is 17.6. The molecular weight excluding hydrogens is 607 g/mol. The third kappa shape index (κ3) is 7.74. The van der Waals surface area contributed by atoms with E-state index in [0.717, 1.165) is 34.3 Å². The topological polar surface area (TPSA) is 67.6 Å². The van der Waals surface area contributed by atoms with Crippen LogP contribution in [0.15, 0.2) is 93.9 Å². The number of fused-ring (bicyclic) bond motifs is 2. The van der Waals surface area contributed by atoms with E-state index in [0.29, 0.717) is 0 Å². The Kier molecular flexibility index (Phi) is 11.7. The summed E-state index contributed by atoms with van der Waals surface area (Å²) >= 11 is 3.41. The van der Waals surface area contributed by atoms with Crippen molar-refractivity contribution in [1.82, 2.24) is 4.90 Å². The third-order valence-electron chi connectivity index (χ3n) is 8.26. The number of thioether (sulfide) groups is 1. The van der Waals surface area contributed by atoms with Crippen LogP contribution in [-0.4, -0.2) is 48.8 Å². The first kappa shape index (κ1) is 34.2. The summed E-state index contributed by atoms with van der Waals surface area (Å²) in [5, 5.41) is 2.18. The molecule has 1 unspecified atom stereocenters. The molecule has 1 aliphatic heterocycles. The summed E-state index contributed by atoms with van der Waals surface area (Å²) < 4.78 is 39.1. The first-order valence-corrected chi connectivity index (χ1v) is 18.5. The lowest BCUT2D eigenvalue weighted by molar-refractivity contribution is -0.665. The van der Waals surface area contributed by atoms with Crippen LogP contribution in [0.5, 0.6) is 0 Å². The van der Waals surface area contributed by atoms with Gasteiger partial charge < -0.3 is 14.4 Å². The second kappa shape index (κ2) is 15.1. The van der Waals surface area contributed by atoms with Gasteiger partial charge in [0.25, 0.3) is 5.01 Å². The first-order chi connectivity index (χ1) is 21.1. The summed E-state index contributed by atoms with van der Waals surface area (Å²) in [7, 11) is -4.51. The van der Waals surface area contributed by atoms with E-state index in [9.17, 15) is 13.0 Å². The molecule has 9 heteroatoms. The van der Waals surface area contributed by atoms with Crippen LogP contribution in [0.3, 0.4) is 0 Å². The maximum absolute atomic E-state index is 12.3. The molecule has 0 bridgehead atoms. The number of hydrogen-bond acceptors (Lipinski definition) is 7. The Morgan fingerprint density at radius 2 is 1.64 bits per heavy atom. The maximum Gasteiger partial charge on any atom is 0.262 e. The molecule has 6 nitrogen and oxygen atoms in total. The van der Waals surface area contributed by atoms with E-state index in [1.54, 1.807) is 30.0 Å². The van der Waals surface area contributed by atoms with Gasteiger partial charge >= 0.3 is 0 Å². The van der Waals surface area contributed by atoms with Crippen molar-refractivity contribution in [2.45, 2.75) is 70.6 Å². The predicted octanol–water partition coefficient (Wildman–Crippen LogP) is 7.99. The highest BCUT2D eigenvalue weighted by Crippen LogP contribution is 2.46. The third-order valence-corrected chi connectivity index (χ3v) is 12.0. The molecule has 0 saturated heterocycles. The number of para-hydroxylation sites is 2. The minimum atomic E-state index is -4.51. The van der Waals surface area contributed by atoms with Crippen molar-refractivity contribution in [3.8, 4) is 0 Å². The van der Waals surface area contributed by atoms with E-state index in [4.69, 9.17) is 0 Å². The normalized spacial score (nSPS) is 20.5. The van der Waals surface area contributed by atoms with Gasteiger partial charge in [0.2, 0.25) is 5.52 Å². The van der Waals surface area contributed by atoms with Gasteiger partial charge in [-0.25, -0.2) is 8.42 Å². The standard InChI is InChI=1S/C29H30N2O3S3.C6H15N/c1-4-30-23-10-6-8-12-25(23)35-27(30)16-14-21-18-22(20-29(3,19-21)37(32,33)34)15-17-28-31(5-2)24-11-7-9-13-26(24)36-28;1-4-7(5-2)6-3/h6-18H,4-5,19-20H2,1-3H3;4-6H2,1-3H3. The number of hydrogen-bond donors (Lipinski definition) is 0. The monoisotopic (exact) mass is 651 g/mol. The number of aryl methyl sites for hydroxylation is 1. The van der Waals surface area contributed by atoms with Crippen molar-refractivity contribution >= 4 is 55.2 Å². The fourth-order valence-electron chi connectivity index (χ4n) is 5.69. The number of thiazole rings is 1. The van der Waals surface area contributed by atoms with Crippen molar-refractivity contribution in [2.75, 3.05) is 31.1 Å². The summed E-state index contributed by atoms with van der Waals surface area (Å²) in [6, 6.07) is 16.6. The number of nitrogens with zero attached hydrogens (tertiary/aromatic N) is 3. The molecule has 0 N–H and O–H groups in total. The highest BCUT2D eigenvalue weighted by molar-refractivity contribution is 8.03. The van der Waals surface area contributed by atoms with Crippen molar-refractivity contribution in [3.05, 3.63) is 94.0 Å². The second-order valence-corrected chi connectivity index (χ2v) is 15.2. The van der Waals surface area contributed by atoms with Crippen LogP contribution >= 0.6 is 23.1 Å². The molecule has 0 radical (unpaired) electrons. The van der Waals surface area contributed by atoms with E-state index >= 15 is 0 Å². The van der Waals surface area contributed by atoms with Gasteiger partial charge in [0.05, 0.1) is 15.5 Å². The van der Waals surface area contributed by atoms with E-state index in [-0.39, 0.29) is 12.8 Å². The molecule has 1 aliphatic carbocycles. The van der Waals surface area contributed by atoms with Gasteiger partial charge in [0.1, 0.15) is 21.4 Å². The molecule has 2 heterocycles. The molecule has 2 aromatic carbocycles. The van der Waals surface area contributed by atoms with Gasteiger partial charge in [-0.3, -0.25) is 0 Å². The maximum atomic E-state index is 12.3. The van der Waals surface area contributed by atoms with Gasteiger partial charge in [0.15, 0.2) is 0 Å². The van der Waals surface area contributed by atoms with Gasteiger partial charge in [-0.05, 0) is 88.7 Å². The SMILES string of the molecule is CCN(CC)CC.CCN1/C(=C/C=C2C=C(/C=C/c3sc4ccccc4[n+]3CC)CC(C)(S(=O)(=O)[O-])C2)Sc2ccccc21. The van der Waals surface area contributed by atoms with Crippen LogP contribution in [0.2, 0.25) is 0 Å². The molecule has 236 valence electrons. The van der Waals surface area contributed by atoms with E-state index in [1.807, 2.05) is 54.6 Å². The lowest BCUT2D eigenvalue weighted by Crippen LogP contribution is -2.37. The Morgan fingerprint density at radius 3 is 2.27 bits per heavy atom. The Hall–Kier alpha value is -2.69. The van der Waals surface area contributed by atoms with Crippen molar-refractivity contribution < 1.29 is 17.5 Å². The number of benzene rings is 2. The molecule has 0 fully saturated rings. The zero-order valence-corrected chi connectivity index (χ0v) is 29.2. The Balaban J connectivity index is 0.000000566. The van der Waals surface area contributed by atoms with Crippen molar-refractivity contribution in [1.29, 1.82) is 0 Å². The van der Waals surface area contributed by atoms with Gasteiger partial charge in [-0.2, -0.15) is 4.57 Å². The zero-order valence-electron chi connectivity index (χ0n) is 26.7. The Labute approximate surface area is 272 Å². The highest BCUT2D eigenvalue weighted by atomic mass is 32.2. The van der Waals surface area contributed by atoms with Crippen LogP contribution in [0.4, 0.5) is 5.69 Å². The van der Waals surface area contributed by atoms with Crippen LogP contribution in [0, 0.1) is 0 Å². The molecule has 0 spiro atoms. The van der Waals surface area contributed by atoms with E-state index in [2.05, 4.69) is 73.3 Å². The molecule has 1 atom stereocenters. The van der Waals surface area contributed by atoms with Crippen LogP contribution in [-0.2, 0) is 16.7 Å². The lowest BCUT2D eigenvalue weighted by Gasteiger charge is -2.36. The van der Waals surface area contributed by atoms with Crippen LogP contribution < -0.4 is 9.47 Å². The highest BCUT2D eigenvalue weighted by Gasteiger charge is 2.36. The molecule has 0 saturated carbocycles. The molecule has 1 aromatic heterocycles. The fourth-order valence-corrected chi connectivity index (χ4v) is 8.63. The number of aromatic nitrogens is 1. The largest absolute Gasteiger partial charge is 0.748 e. The quantitative estimate of drug-likeness (QED) is 0.173. The predicted molar refractivity (Wildman–Crippen MR) is 187 cm³/mol. The first-order valence-electron chi connectivity index (χ1n) is 15.5. The summed E-state index contributed by atoms with van der Waals surface area (Å²) in [5.74, 6) is 0. The van der Waals surface area contributed by atoms with Crippen LogP contribution in [0.25, 0.3) is 16.3 Å². The van der Waals surface area contributed by atoms with E-state index < -0.39 is 14.9 Å². The van der Waals surface area contributed by atoms with E-state index in [1.165, 1.54) is 40.4 Å². The molecule has 44 heavy (non-hydrogen) atoms. The number of allylic oxidation sites excluding steroid dienone is 6. The van der Waals surface area contributed by atoms with Gasteiger partial charge in [-0.15, -0.1) is 0 Å². The van der Waals surface area contributed by atoms with Crippen molar-refractivity contribution in [3.63, 3.8) is 0 Å². The molecular formula is C35H45N3O3S3. The fraction of sp³-hybridized carbons (Fsp3) is 0.400.